The van der Waals surface area contributed by atoms with Gasteiger partial charge in [0.2, 0.25) is 0 Å². The summed E-state index contributed by atoms with van der Waals surface area (Å²) < 4.78 is 5.16. The summed E-state index contributed by atoms with van der Waals surface area (Å²) >= 11 is 0. The fraction of sp³-hybridized carbons (Fsp3) is 0.400. The van der Waals surface area contributed by atoms with Crippen molar-refractivity contribution in [3.63, 3.8) is 0 Å². The molecule has 1 fully saturated rings. The Morgan fingerprint density at radius 1 is 1.06 bits per heavy atom. The van der Waals surface area contributed by atoms with Gasteiger partial charge >= 0.3 is 0 Å². The molecule has 1 aliphatic carbocycles. The number of aromatic nitrogens is 1. The molecule has 18 heavy (non-hydrogen) atoms. The number of nitrogen functional groups attached to an aromatic ring is 1. The maximum absolute atomic E-state index is 5.56. The summed E-state index contributed by atoms with van der Waals surface area (Å²) in [4.78, 5) is 0. The minimum atomic E-state index is 0.432. The molecule has 0 amide bonds. The Balaban J connectivity index is 1.80. The summed E-state index contributed by atoms with van der Waals surface area (Å²) in [5, 5.41) is 3.71. The van der Waals surface area contributed by atoms with Crippen molar-refractivity contribution < 1.29 is 4.52 Å². The van der Waals surface area contributed by atoms with Crippen LogP contribution in [0.2, 0.25) is 0 Å². The van der Waals surface area contributed by atoms with Crippen LogP contribution in [0.5, 0.6) is 0 Å². The van der Waals surface area contributed by atoms with Crippen molar-refractivity contribution >= 4 is 5.82 Å². The van der Waals surface area contributed by atoms with Crippen LogP contribution in [0.15, 0.2) is 34.9 Å². The minimum Gasteiger partial charge on any atom is -0.381 e. The van der Waals surface area contributed by atoms with Crippen molar-refractivity contribution in [3.8, 4) is 11.3 Å². The number of hydrogen-bond acceptors (Lipinski definition) is 3. The average molecular weight is 242 g/mol. The second kappa shape index (κ2) is 4.84. The molecule has 0 aliphatic heterocycles. The molecule has 0 bridgehead atoms. The Morgan fingerprint density at radius 2 is 1.78 bits per heavy atom. The second-order valence-electron chi connectivity index (χ2n) is 5.07. The highest BCUT2D eigenvalue weighted by molar-refractivity contribution is 5.60. The highest BCUT2D eigenvalue weighted by Gasteiger charge is 2.15. The first kappa shape index (κ1) is 11.3. The van der Waals surface area contributed by atoms with Gasteiger partial charge in [-0.2, -0.15) is 0 Å². The number of rotatable bonds is 2. The first-order valence-electron chi connectivity index (χ1n) is 6.65. The molecule has 1 heterocycles. The third kappa shape index (κ3) is 2.26. The lowest BCUT2D eigenvalue weighted by atomic mass is 9.84. The van der Waals surface area contributed by atoms with Gasteiger partial charge in [-0.1, -0.05) is 48.7 Å². The van der Waals surface area contributed by atoms with Crippen LogP contribution in [0.1, 0.15) is 43.6 Å². The largest absolute Gasteiger partial charge is 0.381 e. The van der Waals surface area contributed by atoms with Crippen molar-refractivity contribution in [1.29, 1.82) is 0 Å². The van der Waals surface area contributed by atoms with Gasteiger partial charge in [-0.15, -0.1) is 0 Å². The van der Waals surface area contributed by atoms with E-state index in [0.717, 1.165) is 17.2 Å². The molecular weight excluding hydrogens is 224 g/mol. The fourth-order valence-electron chi connectivity index (χ4n) is 2.78. The zero-order valence-corrected chi connectivity index (χ0v) is 10.4. The summed E-state index contributed by atoms with van der Waals surface area (Å²) in [7, 11) is 0. The van der Waals surface area contributed by atoms with Crippen LogP contribution in [0, 0.1) is 0 Å². The van der Waals surface area contributed by atoms with Gasteiger partial charge in [-0.25, -0.2) is 0 Å². The van der Waals surface area contributed by atoms with E-state index in [0.29, 0.717) is 5.82 Å². The molecule has 2 aromatic rings. The van der Waals surface area contributed by atoms with Crippen LogP contribution in [-0.2, 0) is 0 Å². The molecule has 3 rings (SSSR count). The average Bonchev–Trinajstić information content (AvgIpc) is 2.87. The molecule has 3 heteroatoms. The van der Waals surface area contributed by atoms with Gasteiger partial charge < -0.3 is 10.3 Å². The summed E-state index contributed by atoms with van der Waals surface area (Å²) in [5.74, 6) is 1.91. The number of hydrogen-bond donors (Lipinski definition) is 1. The summed E-state index contributed by atoms with van der Waals surface area (Å²) in [5.41, 5.74) is 8.05. The Morgan fingerprint density at radius 3 is 2.39 bits per heavy atom. The van der Waals surface area contributed by atoms with Gasteiger partial charge in [0, 0.05) is 11.6 Å². The van der Waals surface area contributed by atoms with Crippen molar-refractivity contribution in [1.82, 2.24) is 5.16 Å². The van der Waals surface area contributed by atoms with E-state index >= 15 is 0 Å². The third-order valence-electron chi connectivity index (χ3n) is 3.80. The number of nitrogens with two attached hydrogens (primary N) is 1. The van der Waals surface area contributed by atoms with Gasteiger partial charge in [0.25, 0.3) is 0 Å². The van der Waals surface area contributed by atoms with Gasteiger partial charge in [0.15, 0.2) is 11.6 Å². The van der Waals surface area contributed by atoms with E-state index < -0.39 is 0 Å². The standard InChI is InChI=1S/C15H18N2O/c16-15-10-14(18-17-15)13-8-6-12(7-9-13)11-4-2-1-3-5-11/h6-11H,1-5H2,(H2,16,17). The molecular formula is C15H18N2O. The Kier molecular flexibility index (Phi) is 3.05. The van der Waals surface area contributed by atoms with E-state index in [4.69, 9.17) is 10.3 Å². The molecule has 94 valence electrons. The van der Waals surface area contributed by atoms with E-state index in [2.05, 4.69) is 29.4 Å². The van der Waals surface area contributed by atoms with E-state index in [1.54, 1.807) is 6.07 Å². The SMILES string of the molecule is Nc1cc(-c2ccc(C3CCCCC3)cc2)on1. The smallest absolute Gasteiger partial charge is 0.169 e. The fourth-order valence-corrected chi connectivity index (χ4v) is 2.78. The highest BCUT2D eigenvalue weighted by Crippen LogP contribution is 2.33. The van der Waals surface area contributed by atoms with Crippen LogP contribution in [0.4, 0.5) is 5.82 Å². The van der Waals surface area contributed by atoms with Crippen molar-refractivity contribution in [2.45, 2.75) is 38.0 Å². The lowest BCUT2D eigenvalue weighted by molar-refractivity contribution is 0.435. The first-order valence-corrected chi connectivity index (χ1v) is 6.65. The van der Waals surface area contributed by atoms with Crippen molar-refractivity contribution in [2.24, 2.45) is 0 Å². The lowest BCUT2D eigenvalue weighted by Gasteiger charge is -2.21. The molecule has 0 radical (unpaired) electrons. The van der Waals surface area contributed by atoms with Gasteiger partial charge in [-0.3, -0.25) is 0 Å². The Hall–Kier alpha value is -1.77. The van der Waals surface area contributed by atoms with E-state index in [-0.39, 0.29) is 0 Å². The van der Waals surface area contributed by atoms with Gasteiger partial charge in [0.05, 0.1) is 0 Å². The number of nitrogens with zero attached hydrogens (tertiary/aromatic N) is 1. The monoisotopic (exact) mass is 242 g/mol. The zero-order chi connectivity index (χ0) is 12.4. The molecule has 0 saturated heterocycles. The maximum atomic E-state index is 5.56. The molecule has 3 nitrogen and oxygen atoms in total. The molecule has 2 N–H and O–H groups in total. The zero-order valence-electron chi connectivity index (χ0n) is 10.4. The van der Waals surface area contributed by atoms with Crippen molar-refractivity contribution in [3.05, 3.63) is 35.9 Å². The Bertz CT molecular complexity index is 510. The van der Waals surface area contributed by atoms with E-state index in [9.17, 15) is 0 Å². The first-order chi connectivity index (χ1) is 8.83. The molecule has 1 aromatic carbocycles. The molecule has 1 aromatic heterocycles. The van der Waals surface area contributed by atoms with Crippen LogP contribution >= 0.6 is 0 Å². The number of benzene rings is 1. The predicted molar refractivity (Wildman–Crippen MR) is 72.2 cm³/mol. The summed E-state index contributed by atoms with van der Waals surface area (Å²) in [6.07, 6.45) is 6.78. The highest BCUT2D eigenvalue weighted by atomic mass is 16.5. The molecule has 0 unspecified atom stereocenters. The summed E-state index contributed by atoms with van der Waals surface area (Å²) in [6.45, 7) is 0. The van der Waals surface area contributed by atoms with Crippen LogP contribution in [-0.4, -0.2) is 5.16 Å². The maximum Gasteiger partial charge on any atom is 0.169 e. The third-order valence-corrected chi connectivity index (χ3v) is 3.80. The lowest BCUT2D eigenvalue weighted by Crippen LogP contribution is -2.04. The molecule has 0 spiro atoms. The quantitative estimate of drug-likeness (QED) is 0.866. The molecule has 0 atom stereocenters. The predicted octanol–water partition coefficient (Wildman–Crippen LogP) is 3.97. The van der Waals surface area contributed by atoms with E-state index in [1.807, 2.05) is 0 Å². The van der Waals surface area contributed by atoms with Crippen molar-refractivity contribution in [2.75, 3.05) is 5.73 Å². The normalized spacial score (nSPS) is 16.9. The topological polar surface area (TPSA) is 52.0 Å². The van der Waals surface area contributed by atoms with E-state index in [1.165, 1.54) is 37.7 Å². The second-order valence-corrected chi connectivity index (χ2v) is 5.07. The van der Waals surface area contributed by atoms with Crippen LogP contribution in [0.3, 0.4) is 0 Å². The van der Waals surface area contributed by atoms with Crippen LogP contribution < -0.4 is 5.73 Å². The van der Waals surface area contributed by atoms with Gasteiger partial charge in [0.1, 0.15) is 0 Å². The molecule has 1 aliphatic rings. The summed E-state index contributed by atoms with van der Waals surface area (Å²) in [6, 6.07) is 10.4. The van der Waals surface area contributed by atoms with Gasteiger partial charge in [-0.05, 0) is 24.3 Å². The Labute approximate surface area is 107 Å². The molecule has 1 saturated carbocycles. The number of anilines is 1. The minimum absolute atomic E-state index is 0.432. The van der Waals surface area contributed by atoms with Crippen LogP contribution in [0.25, 0.3) is 11.3 Å².